The number of carbonyl (C=O) groups excluding carboxylic acids is 2. The minimum Gasteiger partial charge on any atom is -0.495 e. The Labute approximate surface area is 268 Å². The Morgan fingerprint density at radius 1 is 0.911 bits per heavy atom. The fourth-order valence-corrected chi connectivity index (χ4v) is 6.40. The molecule has 0 aliphatic heterocycles. The summed E-state index contributed by atoms with van der Waals surface area (Å²) < 4.78 is 48.5. The SMILES string of the molecule is CCCNC(=O)[C@@H](Cc1ccccc1)N(Cc1ccc(F)cc1)C(=O)CN(c1cc(Cl)ccc1OC)S(=O)(=O)c1ccccc1. The summed E-state index contributed by atoms with van der Waals surface area (Å²) in [5, 5.41) is 3.12. The second-order valence-corrected chi connectivity index (χ2v) is 12.6. The van der Waals surface area contributed by atoms with Crippen molar-refractivity contribution in [1.29, 1.82) is 0 Å². The van der Waals surface area contributed by atoms with Gasteiger partial charge in [0, 0.05) is 24.5 Å². The Bertz CT molecular complexity index is 1690. The molecule has 4 aromatic carbocycles. The summed E-state index contributed by atoms with van der Waals surface area (Å²) in [6.45, 7) is 1.54. The normalized spacial score (nSPS) is 11.8. The molecule has 0 radical (unpaired) electrons. The Kier molecular flexibility index (Phi) is 11.6. The van der Waals surface area contributed by atoms with Crippen LogP contribution in [0.4, 0.5) is 10.1 Å². The van der Waals surface area contributed by atoms with Gasteiger partial charge in [-0.3, -0.25) is 13.9 Å². The van der Waals surface area contributed by atoms with Crippen molar-refractivity contribution >= 4 is 39.1 Å². The van der Waals surface area contributed by atoms with Crippen LogP contribution in [0.25, 0.3) is 0 Å². The van der Waals surface area contributed by atoms with E-state index in [0.717, 1.165) is 9.87 Å². The number of hydrogen-bond donors (Lipinski definition) is 1. The van der Waals surface area contributed by atoms with Crippen molar-refractivity contribution in [2.45, 2.75) is 37.2 Å². The van der Waals surface area contributed by atoms with Crippen LogP contribution >= 0.6 is 11.6 Å². The zero-order valence-electron chi connectivity index (χ0n) is 25.0. The molecule has 0 saturated carbocycles. The largest absolute Gasteiger partial charge is 0.495 e. The summed E-state index contributed by atoms with van der Waals surface area (Å²) in [6.07, 6.45) is 0.836. The van der Waals surface area contributed by atoms with Crippen molar-refractivity contribution in [1.82, 2.24) is 10.2 Å². The van der Waals surface area contributed by atoms with E-state index in [2.05, 4.69) is 5.32 Å². The first-order valence-electron chi connectivity index (χ1n) is 14.4. The molecule has 2 amide bonds. The lowest BCUT2D eigenvalue weighted by Gasteiger charge is -2.34. The standard InChI is InChI=1S/C34H35ClFN3O5S/c1-3-20-37-34(41)31(21-25-10-6-4-7-11-25)38(23-26-14-17-28(36)18-15-26)33(40)24-39(30-22-27(35)16-19-32(30)44-2)45(42,43)29-12-8-5-9-13-29/h4-19,22,31H,3,20-21,23-24H2,1-2H3,(H,37,41)/t31-/m1/s1. The van der Waals surface area contributed by atoms with Crippen LogP contribution in [0.3, 0.4) is 0 Å². The van der Waals surface area contributed by atoms with Gasteiger partial charge in [0.15, 0.2) is 0 Å². The highest BCUT2D eigenvalue weighted by atomic mass is 35.5. The quantitative estimate of drug-likeness (QED) is 0.185. The summed E-state index contributed by atoms with van der Waals surface area (Å²) in [5.41, 5.74) is 1.42. The molecule has 1 N–H and O–H groups in total. The van der Waals surface area contributed by atoms with Gasteiger partial charge < -0.3 is 15.0 Å². The lowest BCUT2D eigenvalue weighted by molar-refractivity contribution is -0.140. The van der Waals surface area contributed by atoms with Gasteiger partial charge in [0.1, 0.15) is 24.2 Å². The zero-order chi connectivity index (χ0) is 32.4. The van der Waals surface area contributed by atoms with E-state index in [1.165, 1.54) is 60.5 Å². The number of hydrogen-bond acceptors (Lipinski definition) is 5. The highest BCUT2D eigenvalue weighted by Crippen LogP contribution is 2.35. The topological polar surface area (TPSA) is 96.0 Å². The minimum absolute atomic E-state index is 0.0496. The molecular formula is C34H35ClFN3O5S. The van der Waals surface area contributed by atoms with Crippen molar-refractivity contribution in [3.8, 4) is 5.75 Å². The fraction of sp³-hybridized carbons (Fsp3) is 0.235. The number of amides is 2. The van der Waals surface area contributed by atoms with Crippen LogP contribution in [0.1, 0.15) is 24.5 Å². The maximum absolute atomic E-state index is 14.5. The molecule has 8 nitrogen and oxygen atoms in total. The molecule has 0 aromatic heterocycles. The molecule has 0 unspecified atom stereocenters. The molecule has 4 rings (SSSR count). The molecule has 236 valence electrons. The second-order valence-electron chi connectivity index (χ2n) is 10.3. The predicted octanol–water partition coefficient (Wildman–Crippen LogP) is 5.85. The third-order valence-electron chi connectivity index (χ3n) is 7.11. The highest BCUT2D eigenvalue weighted by Gasteiger charge is 2.35. The smallest absolute Gasteiger partial charge is 0.264 e. The maximum atomic E-state index is 14.5. The predicted molar refractivity (Wildman–Crippen MR) is 173 cm³/mol. The van der Waals surface area contributed by atoms with Crippen molar-refractivity contribution in [2.75, 3.05) is 24.5 Å². The van der Waals surface area contributed by atoms with Gasteiger partial charge >= 0.3 is 0 Å². The molecule has 1 atom stereocenters. The fourth-order valence-electron chi connectivity index (χ4n) is 4.80. The van der Waals surface area contributed by atoms with Crippen LogP contribution in [-0.4, -0.2) is 51.4 Å². The van der Waals surface area contributed by atoms with E-state index in [9.17, 15) is 22.4 Å². The molecule has 0 saturated heterocycles. The molecule has 0 aliphatic carbocycles. The summed E-state index contributed by atoms with van der Waals surface area (Å²) in [4.78, 5) is 29.4. The molecule has 0 heterocycles. The molecule has 11 heteroatoms. The molecule has 0 spiro atoms. The number of anilines is 1. The Balaban J connectivity index is 1.83. The lowest BCUT2D eigenvalue weighted by atomic mass is 10.0. The van der Waals surface area contributed by atoms with E-state index >= 15 is 0 Å². The summed E-state index contributed by atoms with van der Waals surface area (Å²) >= 11 is 6.31. The van der Waals surface area contributed by atoms with Gasteiger partial charge in [0.25, 0.3) is 10.0 Å². The molecule has 45 heavy (non-hydrogen) atoms. The van der Waals surface area contributed by atoms with Crippen LogP contribution < -0.4 is 14.4 Å². The van der Waals surface area contributed by atoms with Gasteiger partial charge in [-0.15, -0.1) is 0 Å². The number of benzene rings is 4. The van der Waals surface area contributed by atoms with Gasteiger partial charge in [0.05, 0.1) is 17.7 Å². The first-order valence-corrected chi connectivity index (χ1v) is 16.2. The summed E-state index contributed by atoms with van der Waals surface area (Å²) in [6, 6.07) is 26.0. The van der Waals surface area contributed by atoms with E-state index in [1.807, 2.05) is 37.3 Å². The van der Waals surface area contributed by atoms with Crippen molar-refractivity contribution < 1.29 is 27.1 Å². The Morgan fingerprint density at radius 3 is 2.18 bits per heavy atom. The van der Waals surface area contributed by atoms with Crippen LogP contribution in [0.2, 0.25) is 5.02 Å². The van der Waals surface area contributed by atoms with Crippen LogP contribution in [-0.2, 0) is 32.6 Å². The van der Waals surface area contributed by atoms with E-state index in [1.54, 1.807) is 24.3 Å². The number of halogens is 2. The summed E-state index contributed by atoms with van der Waals surface area (Å²) in [7, 11) is -2.95. The van der Waals surface area contributed by atoms with Gasteiger partial charge in [0.2, 0.25) is 11.8 Å². The monoisotopic (exact) mass is 651 g/mol. The number of ether oxygens (including phenoxy) is 1. The van der Waals surface area contributed by atoms with Gasteiger partial charge in [-0.2, -0.15) is 0 Å². The average Bonchev–Trinajstić information content (AvgIpc) is 3.05. The van der Waals surface area contributed by atoms with E-state index in [0.29, 0.717) is 18.5 Å². The van der Waals surface area contributed by atoms with Crippen molar-refractivity contribution in [3.63, 3.8) is 0 Å². The number of methoxy groups -OCH3 is 1. The first kappa shape index (κ1) is 33.5. The minimum atomic E-state index is -4.33. The maximum Gasteiger partial charge on any atom is 0.264 e. The first-order chi connectivity index (χ1) is 21.6. The van der Waals surface area contributed by atoms with Gasteiger partial charge in [-0.1, -0.05) is 79.2 Å². The zero-order valence-corrected chi connectivity index (χ0v) is 26.6. The number of rotatable bonds is 14. The number of nitrogens with one attached hydrogen (secondary N) is 1. The highest BCUT2D eigenvalue weighted by molar-refractivity contribution is 7.92. The third-order valence-corrected chi connectivity index (χ3v) is 9.12. The average molecular weight is 652 g/mol. The summed E-state index contributed by atoms with van der Waals surface area (Å²) in [5.74, 6) is -1.33. The number of carbonyl (C=O) groups is 2. The third kappa shape index (κ3) is 8.61. The molecular weight excluding hydrogens is 617 g/mol. The van der Waals surface area contributed by atoms with Crippen LogP contribution in [0, 0.1) is 5.82 Å². The number of sulfonamides is 1. The second kappa shape index (κ2) is 15.5. The molecule has 0 fully saturated rings. The van der Waals surface area contributed by atoms with Crippen LogP contribution in [0.15, 0.2) is 108 Å². The number of nitrogens with zero attached hydrogens (tertiary/aromatic N) is 2. The van der Waals surface area contributed by atoms with Gasteiger partial charge in [-0.05, 0) is 60.0 Å². The molecule has 0 bridgehead atoms. The van der Waals surface area contributed by atoms with Gasteiger partial charge in [-0.25, -0.2) is 12.8 Å². The lowest BCUT2D eigenvalue weighted by Crippen LogP contribution is -2.53. The molecule has 0 aliphatic rings. The Hall–Kier alpha value is -4.41. The van der Waals surface area contributed by atoms with E-state index < -0.39 is 40.2 Å². The van der Waals surface area contributed by atoms with Crippen molar-refractivity contribution in [3.05, 3.63) is 125 Å². The molecule has 4 aromatic rings. The Morgan fingerprint density at radius 2 is 1.56 bits per heavy atom. The van der Waals surface area contributed by atoms with E-state index in [4.69, 9.17) is 16.3 Å². The van der Waals surface area contributed by atoms with Crippen LogP contribution in [0.5, 0.6) is 5.75 Å². The van der Waals surface area contributed by atoms with Crippen molar-refractivity contribution in [2.24, 2.45) is 0 Å². The van der Waals surface area contributed by atoms with E-state index in [-0.39, 0.29) is 34.3 Å².